The predicted octanol–water partition coefficient (Wildman–Crippen LogP) is 4.48. The van der Waals surface area contributed by atoms with Gasteiger partial charge in [-0.2, -0.15) is 0 Å². The number of hydroxylamine groups is 1. The van der Waals surface area contributed by atoms with Gasteiger partial charge in [0.2, 0.25) is 0 Å². The number of methoxy groups -OCH3 is 2. The van der Waals surface area contributed by atoms with Crippen LogP contribution < -0.4 is 19.7 Å². The van der Waals surface area contributed by atoms with E-state index in [0.29, 0.717) is 18.8 Å². The van der Waals surface area contributed by atoms with E-state index in [1.807, 2.05) is 50.2 Å². The summed E-state index contributed by atoms with van der Waals surface area (Å²) in [6.07, 6.45) is 5.86. The maximum absolute atomic E-state index is 11.8. The Morgan fingerprint density at radius 1 is 1.00 bits per heavy atom. The second-order valence-electron chi connectivity index (χ2n) is 6.79. The molecule has 30 heavy (non-hydrogen) atoms. The molecule has 0 aromatic heterocycles. The van der Waals surface area contributed by atoms with Crippen molar-refractivity contribution >= 4 is 12.0 Å². The topological polar surface area (TPSA) is 66.0 Å². The summed E-state index contributed by atoms with van der Waals surface area (Å²) in [7, 11) is 4.66. The molecule has 0 spiro atoms. The van der Waals surface area contributed by atoms with E-state index in [2.05, 4.69) is 16.4 Å². The normalized spacial score (nSPS) is 10.6. The molecule has 1 N–H and O–H groups in total. The summed E-state index contributed by atoms with van der Waals surface area (Å²) in [5.74, 6) is 1.83. The number of hydrogen-bond donors (Lipinski definition) is 1. The van der Waals surface area contributed by atoms with Gasteiger partial charge in [-0.15, -0.1) is 0 Å². The monoisotopic (exact) mass is 411 g/mol. The zero-order valence-electron chi connectivity index (χ0n) is 18.2. The van der Waals surface area contributed by atoms with Crippen LogP contribution in [0, 0.1) is 0 Å². The fraction of sp³-hybridized carbons (Fsp3) is 0.292. The minimum Gasteiger partial charge on any atom is -0.497 e. The number of amides is 1. The highest BCUT2D eigenvalue weighted by Gasteiger charge is 2.14. The third-order valence-corrected chi connectivity index (χ3v) is 4.34. The Kier molecular flexibility index (Phi) is 8.97. The van der Waals surface area contributed by atoms with Crippen LogP contribution in [-0.4, -0.2) is 27.2 Å². The second kappa shape index (κ2) is 11.7. The van der Waals surface area contributed by atoms with Gasteiger partial charge in [-0.1, -0.05) is 23.8 Å². The van der Waals surface area contributed by atoms with Gasteiger partial charge in [0.05, 0.1) is 21.3 Å². The lowest BCUT2D eigenvalue weighted by molar-refractivity contribution is -0.126. The lowest BCUT2D eigenvalue weighted by Gasteiger charge is -2.17. The summed E-state index contributed by atoms with van der Waals surface area (Å²) in [5, 5.41) is 0. The van der Waals surface area contributed by atoms with Gasteiger partial charge in [0, 0.05) is 17.2 Å². The fourth-order valence-electron chi connectivity index (χ4n) is 2.80. The molecule has 160 valence electrons. The Balaban J connectivity index is 2.40. The minimum absolute atomic E-state index is 0.361. The Morgan fingerprint density at radius 3 is 2.33 bits per heavy atom. The van der Waals surface area contributed by atoms with E-state index in [-0.39, 0.29) is 5.91 Å². The maximum Gasteiger partial charge on any atom is 0.267 e. The standard InChI is InChI=1S/C24H29NO5/c1-17(2)6-13-21-22(28-4)14-9-19(10-15-23(26)25-29-5)24(21)30-16-18-7-11-20(27-3)12-8-18/h6-12,14-15H,13,16H2,1-5H3,(H,25,26)/b15-10+. The van der Waals surface area contributed by atoms with Gasteiger partial charge in [0.15, 0.2) is 0 Å². The van der Waals surface area contributed by atoms with Gasteiger partial charge in [-0.05, 0) is 56.2 Å². The quantitative estimate of drug-likeness (QED) is 0.355. The van der Waals surface area contributed by atoms with Crippen molar-refractivity contribution in [3.63, 3.8) is 0 Å². The number of carbonyl (C=O) groups excluding carboxylic acids is 1. The molecule has 2 aromatic rings. The van der Waals surface area contributed by atoms with Crippen LogP contribution in [-0.2, 0) is 22.7 Å². The van der Waals surface area contributed by atoms with Gasteiger partial charge < -0.3 is 14.2 Å². The van der Waals surface area contributed by atoms with Crippen LogP contribution in [0.5, 0.6) is 17.2 Å². The zero-order chi connectivity index (χ0) is 21.9. The number of carbonyl (C=O) groups is 1. The Morgan fingerprint density at radius 2 is 1.73 bits per heavy atom. The molecule has 2 rings (SSSR count). The van der Waals surface area contributed by atoms with Gasteiger partial charge >= 0.3 is 0 Å². The SMILES string of the molecule is CONC(=O)/C=C/c1ccc(OC)c(CC=C(C)C)c1OCc1ccc(OC)cc1. The summed E-state index contributed by atoms with van der Waals surface area (Å²) in [5.41, 5.74) is 6.15. The van der Waals surface area contributed by atoms with E-state index < -0.39 is 0 Å². The fourth-order valence-corrected chi connectivity index (χ4v) is 2.80. The molecule has 0 aliphatic rings. The number of allylic oxidation sites excluding steroid dienone is 2. The van der Waals surface area contributed by atoms with Gasteiger partial charge in [0.25, 0.3) is 5.91 Å². The molecule has 2 aromatic carbocycles. The molecule has 6 heteroatoms. The highest BCUT2D eigenvalue weighted by atomic mass is 16.6. The third-order valence-electron chi connectivity index (χ3n) is 4.34. The Labute approximate surface area is 178 Å². The van der Waals surface area contributed by atoms with E-state index in [9.17, 15) is 4.79 Å². The van der Waals surface area contributed by atoms with Crippen molar-refractivity contribution in [3.05, 3.63) is 70.8 Å². The second-order valence-corrected chi connectivity index (χ2v) is 6.79. The molecule has 0 fully saturated rings. The summed E-state index contributed by atoms with van der Waals surface area (Å²) >= 11 is 0. The molecule has 6 nitrogen and oxygen atoms in total. The molecule has 1 amide bonds. The number of ether oxygens (including phenoxy) is 3. The lowest BCUT2D eigenvalue weighted by atomic mass is 10.0. The average molecular weight is 411 g/mol. The molecular formula is C24H29NO5. The molecule has 0 atom stereocenters. The molecule has 0 heterocycles. The Bertz CT molecular complexity index is 897. The van der Waals surface area contributed by atoms with Crippen molar-refractivity contribution in [2.75, 3.05) is 21.3 Å². The maximum atomic E-state index is 11.8. The zero-order valence-corrected chi connectivity index (χ0v) is 18.2. The van der Waals surface area contributed by atoms with Crippen molar-refractivity contribution in [2.24, 2.45) is 0 Å². The summed E-state index contributed by atoms with van der Waals surface area (Å²) in [4.78, 5) is 16.4. The first kappa shape index (κ1) is 23.0. The van der Waals surface area contributed by atoms with Crippen LogP contribution in [0.25, 0.3) is 6.08 Å². The van der Waals surface area contributed by atoms with Crippen molar-refractivity contribution in [1.29, 1.82) is 0 Å². The number of nitrogens with one attached hydrogen (secondary N) is 1. The summed E-state index contributed by atoms with van der Waals surface area (Å²) in [6.45, 7) is 4.45. The summed E-state index contributed by atoms with van der Waals surface area (Å²) in [6, 6.07) is 11.4. The average Bonchev–Trinajstić information content (AvgIpc) is 2.75. The smallest absolute Gasteiger partial charge is 0.267 e. The molecule has 0 unspecified atom stereocenters. The van der Waals surface area contributed by atoms with Crippen molar-refractivity contribution in [3.8, 4) is 17.2 Å². The Hall–Kier alpha value is -3.25. The lowest BCUT2D eigenvalue weighted by Crippen LogP contribution is -2.18. The van der Waals surface area contributed by atoms with E-state index in [1.165, 1.54) is 18.8 Å². The first-order valence-electron chi connectivity index (χ1n) is 9.58. The molecule has 0 bridgehead atoms. The van der Waals surface area contributed by atoms with E-state index in [1.54, 1.807) is 20.3 Å². The number of rotatable bonds is 10. The van der Waals surface area contributed by atoms with Gasteiger partial charge in [-0.3, -0.25) is 9.63 Å². The third kappa shape index (κ3) is 6.67. The predicted molar refractivity (Wildman–Crippen MR) is 118 cm³/mol. The van der Waals surface area contributed by atoms with E-state index >= 15 is 0 Å². The van der Waals surface area contributed by atoms with Crippen LogP contribution in [0.15, 0.2) is 54.1 Å². The largest absolute Gasteiger partial charge is 0.497 e. The van der Waals surface area contributed by atoms with Gasteiger partial charge in [-0.25, -0.2) is 5.48 Å². The van der Waals surface area contributed by atoms with Gasteiger partial charge in [0.1, 0.15) is 23.9 Å². The van der Waals surface area contributed by atoms with Crippen molar-refractivity contribution in [1.82, 2.24) is 5.48 Å². The van der Waals surface area contributed by atoms with Crippen LogP contribution >= 0.6 is 0 Å². The van der Waals surface area contributed by atoms with Crippen LogP contribution in [0.2, 0.25) is 0 Å². The highest BCUT2D eigenvalue weighted by molar-refractivity contribution is 5.91. The van der Waals surface area contributed by atoms with E-state index in [4.69, 9.17) is 14.2 Å². The molecule has 0 aliphatic heterocycles. The number of hydrogen-bond acceptors (Lipinski definition) is 5. The summed E-state index contributed by atoms with van der Waals surface area (Å²) < 4.78 is 17.0. The van der Waals surface area contributed by atoms with E-state index in [0.717, 1.165) is 28.2 Å². The van der Waals surface area contributed by atoms with Crippen molar-refractivity contribution in [2.45, 2.75) is 26.9 Å². The van der Waals surface area contributed by atoms with Crippen LogP contribution in [0.1, 0.15) is 30.5 Å². The molecule has 0 saturated carbocycles. The van der Waals surface area contributed by atoms with Crippen LogP contribution in [0.4, 0.5) is 0 Å². The molecule has 0 radical (unpaired) electrons. The first-order chi connectivity index (χ1) is 14.5. The van der Waals surface area contributed by atoms with Crippen molar-refractivity contribution < 1.29 is 23.8 Å². The molecular weight excluding hydrogens is 382 g/mol. The highest BCUT2D eigenvalue weighted by Crippen LogP contribution is 2.35. The molecule has 0 aliphatic carbocycles. The first-order valence-corrected chi connectivity index (χ1v) is 9.58. The number of benzene rings is 2. The minimum atomic E-state index is -0.361. The van der Waals surface area contributed by atoms with Crippen LogP contribution in [0.3, 0.4) is 0 Å². The molecule has 0 saturated heterocycles.